The number of benzene rings is 2. The minimum absolute atomic E-state index is 0.150. The van der Waals surface area contributed by atoms with E-state index in [1.54, 1.807) is 0 Å². The first-order valence-electron chi connectivity index (χ1n) is 6.47. The van der Waals surface area contributed by atoms with E-state index >= 15 is 0 Å². The van der Waals surface area contributed by atoms with Gasteiger partial charge in [0.15, 0.2) is 0 Å². The Hall–Kier alpha value is -1.27. The van der Waals surface area contributed by atoms with Gasteiger partial charge in [0.05, 0.1) is 5.57 Å². The second kappa shape index (κ2) is 7.31. The third-order valence-electron chi connectivity index (χ3n) is 3.15. The second-order valence-corrected chi connectivity index (χ2v) is 6.08. The van der Waals surface area contributed by atoms with E-state index in [0.29, 0.717) is 0 Å². The van der Waals surface area contributed by atoms with Gasteiger partial charge in [-0.25, -0.2) is 4.39 Å². The van der Waals surface area contributed by atoms with Gasteiger partial charge in [-0.1, -0.05) is 53.0 Å². The minimum atomic E-state index is -5.03. The average molecular weight is 400 g/mol. The highest BCUT2D eigenvalue weighted by molar-refractivity contribution is 6.35. The largest absolute Gasteiger partial charge is 0.419 e. The van der Waals surface area contributed by atoms with Crippen LogP contribution in [0.25, 0.3) is 5.57 Å². The Morgan fingerprint density at radius 3 is 1.96 bits per heavy atom. The highest BCUT2D eigenvalue weighted by atomic mass is 35.5. The Morgan fingerprint density at radius 2 is 1.46 bits per heavy atom. The van der Waals surface area contributed by atoms with Crippen LogP contribution in [0.4, 0.5) is 17.6 Å². The molecule has 1 nitrogen and oxygen atoms in total. The molecule has 0 saturated heterocycles. The van der Waals surface area contributed by atoms with E-state index in [-0.39, 0.29) is 20.6 Å². The first-order chi connectivity index (χ1) is 11.1. The van der Waals surface area contributed by atoms with Gasteiger partial charge in [-0.15, -0.1) is 0 Å². The lowest BCUT2D eigenvalue weighted by atomic mass is 9.99. The Bertz CT molecular complexity index is 770. The fourth-order valence-corrected chi connectivity index (χ4v) is 2.69. The van der Waals surface area contributed by atoms with Crippen molar-refractivity contribution in [3.8, 4) is 0 Å². The van der Waals surface area contributed by atoms with Crippen LogP contribution in [0.3, 0.4) is 0 Å². The monoisotopic (exact) mass is 398 g/mol. The molecule has 2 rings (SSSR count). The maximum absolute atomic E-state index is 14.5. The summed E-state index contributed by atoms with van der Waals surface area (Å²) in [4.78, 5) is 0. The molecule has 8 heteroatoms. The lowest BCUT2D eigenvalue weighted by Gasteiger charge is -2.18. The highest BCUT2D eigenvalue weighted by Gasteiger charge is 2.40. The summed E-state index contributed by atoms with van der Waals surface area (Å²) in [6.45, 7) is 0. The lowest BCUT2D eigenvalue weighted by molar-refractivity contribution is -0.0711. The Kier molecular flexibility index (Phi) is 5.81. The van der Waals surface area contributed by atoms with Gasteiger partial charge in [-0.3, -0.25) is 0 Å². The van der Waals surface area contributed by atoms with Crippen molar-refractivity contribution < 1.29 is 22.7 Å². The number of hydrogen-bond acceptors (Lipinski definition) is 1. The van der Waals surface area contributed by atoms with Crippen molar-refractivity contribution in [1.82, 2.24) is 0 Å². The maximum Gasteiger partial charge on any atom is 0.419 e. The van der Waals surface area contributed by atoms with E-state index in [1.807, 2.05) is 0 Å². The minimum Gasteiger partial charge on any atom is -0.381 e. The van der Waals surface area contributed by atoms with Crippen LogP contribution < -0.4 is 0 Å². The molecule has 0 aliphatic carbocycles. The predicted octanol–water partition coefficient (Wildman–Crippen LogP) is 6.62. The van der Waals surface area contributed by atoms with E-state index < -0.39 is 29.2 Å². The average Bonchev–Trinajstić information content (AvgIpc) is 2.47. The number of alkyl halides is 3. The molecular weight excluding hydrogens is 391 g/mol. The molecule has 1 atom stereocenters. The van der Waals surface area contributed by atoms with Crippen LogP contribution in [0.2, 0.25) is 15.1 Å². The number of aliphatic hydroxyl groups is 1. The van der Waals surface area contributed by atoms with E-state index in [4.69, 9.17) is 34.8 Å². The molecule has 0 radical (unpaired) electrons. The molecule has 24 heavy (non-hydrogen) atoms. The van der Waals surface area contributed by atoms with Crippen molar-refractivity contribution in [3.63, 3.8) is 0 Å². The zero-order chi connectivity index (χ0) is 18.1. The molecule has 0 bridgehead atoms. The molecular formula is C16H9Cl3F4O. The van der Waals surface area contributed by atoms with Crippen molar-refractivity contribution in [2.45, 2.75) is 12.3 Å². The van der Waals surface area contributed by atoms with Crippen LogP contribution in [0.15, 0.2) is 48.3 Å². The van der Waals surface area contributed by atoms with E-state index in [9.17, 15) is 22.7 Å². The Balaban J connectivity index is 2.59. The summed E-state index contributed by atoms with van der Waals surface area (Å²) in [7, 11) is 0. The van der Waals surface area contributed by atoms with E-state index in [1.165, 1.54) is 24.3 Å². The van der Waals surface area contributed by atoms with Crippen LogP contribution >= 0.6 is 34.8 Å². The number of halogens is 7. The summed E-state index contributed by atoms with van der Waals surface area (Å²) < 4.78 is 54.4. The van der Waals surface area contributed by atoms with Gasteiger partial charge < -0.3 is 5.11 Å². The Morgan fingerprint density at radius 1 is 0.917 bits per heavy atom. The zero-order valence-corrected chi connectivity index (χ0v) is 14.0. The molecule has 0 aromatic heterocycles. The topological polar surface area (TPSA) is 20.2 Å². The first-order valence-corrected chi connectivity index (χ1v) is 7.60. The summed E-state index contributed by atoms with van der Waals surface area (Å²) in [6, 6.07) is 8.06. The highest BCUT2D eigenvalue weighted by Crippen LogP contribution is 2.42. The van der Waals surface area contributed by atoms with Crippen molar-refractivity contribution in [2.75, 3.05) is 0 Å². The summed E-state index contributed by atoms with van der Waals surface area (Å²) in [5, 5.41) is 10.3. The van der Waals surface area contributed by atoms with Gasteiger partial charge in [-0.05, 0) is 29.8 Å². The predicted molar refractivity (Wildman–Crippen MR) is 87.0 cm³/mol. The number of hydrogen-bond donors (Lipinski definition) is 1. The zero-order valence-electron chi connectivity index (χ0n) is 11.7. The molecule has 1 unspecified atom stereocenters. The molecule has 0 heterocycles. The van der Waals surface area contributed by atoms with Crippen LogP contribution in [0, 0.1) is 0 Å². The molecule has 0 amide bonds. The summed E-state index contributed by atoms with van der Waals surface area (Å²) in [5.41, 5.74) is -2.29. The quantitative estimate of drug-likeness (QED) is 0.575. The molecule has 0 saturated carbocycles. The SMILES string of the molecule is OC(/C(F)=C(/c1ccc(Cl)cc1)C(F)(F)F)c1ccc(Cl)cc1Cl. The molecule has 0 aliphatic heterocycles. The van der Waals surface area contributed by atoms with E-state index in [2.05, 4.69) is 0 Å². The van der Waals surface area contributed by atoms with Crippen molar-refractivity contribution >= 4 is 40.4 Å². The van der Waals surface area contributed by atoms with Crippen LogP contribution in [0.5, 0.6) is 0 Å². The lowest BCUT2D eigenvalue weighted by Crippen LogP contribution is -2.15. The van der Waals surface area contributed by atoms with E-state index in [0.717, 1.165) is 18.2 Å². The van der Waals surface area contributed by atoms with Gasteiger partial charge in [0.25, 0.3) is 0 Å². The number of allylic oxidation sites excluding steroid dienone is 1. The molecule has 0 aliphatic rings. The normalized spacial score (nSPS) is 14.3. The molecule has 1 N–H and O–H groups in total. The Labute approximate surface area is 150 Å². The molecule has 128 valence electrons. The van der Waals surface area contributed by atoms with Crippen LogP contribution in [0.1, 0.15) is 17.2 Å². The van der Waals surface area contributed by atoms with Gasteiger partial charge in [0, 0.05) is 20.6 Å². The maximum atomic E-state index is 14.5. The summed E-state index contributed by atoms with van der Waals surface area (Å²) in [6.07, 6.45) is -7.22. The summed E-state index contributed by atoms with van der Waals surface area (Å²) in [5.74, 6) is -1.77. The number of rotatable bonds is 3. The van der Waals surface area contributed by atoms with Crippen molar-refractivity contribution in [2.24, 2.45) is 0 Å². The third-order valence-corrected chi connectivity index (χ3v) is 3.97. The van der Waals surface area contributed by atoms with Crippen molar-refractivity contribution in [3.05, 3.63) is 74.5 Å². The smallest absolute Gasteiger partial charge is 0.381 e. The van der Waals surface area contributed by atoms with Crippen LogP contribution in [-0.4, -0.2) is 11.3 Å². The standard InChI is InChI=1S/C16H9Cl3F4O/c17-9-3-1-8(2-4-9)13(16(21,22)23)14(20)15(24)11-6-5-10(18)7-12(11)19/h1-7,15,24H/b14-13+. The van der Waals surface area contributed by atoms with Gasteiger partial charge >= 0.3 is 6.18 Å². The molecule has 2 aromatic carbocycles. The molecule has 0 fully saturated rings. The van der Waals surface area contributed by atoms with Gasteiger partial charge in [-0.2, -0.15) is 13.2 Å². The fraction of sp³-hybridized carbons (Fsp3) is 0.125. The van der Waals surface area contributed by atoms with Gasteiger partial charge in [0.1, 0.15) is 11.9 Å². The summed E-state index contributed by atoms with van der Waals surface area (Å²) >= 11 is 17.1. The van der Waals surface area contributed by atoms with Crippen LogP contribution in [-0.2, 0) is 0 Å². The van der Waals surface area contributed by atoms with Gasteiger partial charge in [0.2, 0.25) is 0 Å². The first kappa shape index (κ1) is 19.1. The number of aliphatic hydroxyl groups excluding tert-OH is 1. The fourth-order valence-electron chi connectivity index (χ4n) is 2.05. The third kappa shape index (κ3) is 4.22. The molecule has 2 aromatic rings. The van der Waals surface area contributed by atoms with Crippen molar-refractivity contribution in [1.29, 1.82) is 0 Å². The second-order valence-electron chi connectivity index (χ2n) is 4.80. The molecule has 0 spiro atoms.